The van der Waals surface area contributed by atoms with Gasteiger partial charge in [0, 0.05) is 31.0 Å². The van der Waals surface area contributed by atoms with E-state index in [1.165, 1.54) is 6.42 Å². The van der Waals surface area contributed by atoms with Crippen molar-refractivity contribution in [2.24, 2.45) is 17.1 Å². The van der Waals surface area contributed by atoms with Gasteiger partial charge in [-0.15, -0.1) is 0 Å². The number of amides is 2. The Morgan fingerprint density at radius 1 is 1.21 bits per heavy atom. The van der Waals surface area contributed by atoms with Crippen molar-refractivity contribution in [3.63, 3.8) is 0 Å². The number of hydrogen-bond donors (Lipinski definition) is 2. The maximum absolute atomic E-state index is 13.0. The predicted molar refractivity (Wildman–Crippen MR) is 91.2 cm³/mol. The van der Waals surface area contributed by atoms with Crippen molar-refractivity contribution in [3.05, 3.63) is 0 Å². The molecule has 4 atom stereocenters. The number of likely N-dealkylation sites (tertiary alicyclic amines) is 1. The van der Waals surface area contributed by atoms with E-state index in [9.17, 15) is 9.59 Å². The van der Waals surface area contributed by atoms with Crippen LogP contribution in [-0.4, -0.2) is 54.1 Å². The van der Waals surface area contributed by atoms with Crippen LogP contribution in [-0.2, 0) is 14.3 Å². The average molecular weight is 337 g/mol. The first-order chi connectivity index (χ1) is 11.3. The number of nitrogens with one attached hydrogen (secondary N) is 1. The van der Waals surface area contributed by atoms with Crippen molar-refractivity contribution < 1.29 is 14.3 Å². The Morgan fingerprint density at radius 2 is 1.88 bits per heavy atom. The van der Waals surface area contributed by atoms with Crippen LogP contribution in [0.15, 0.2) is 0 Å². The van der Waals surface area contributed by atoms with E-state index in [2.05, 4.69) is 5.32 Å². The molecule has 3 rings (SSSR count). The van der Waals surface area contributed by atoms with Crippen molar-refractivity contribution in [2.45, 2.75) is 70.6 Å². The van der Waals surface area contributed by atoms with Crippen LogP contribution >= 0.6 is 0 Å². The molecule has 2 aliphatic heterocycles. The average Bonchev–Trinajstić information content (AvgIpc) is 2.60. The maximum atomic E-state index is 13.0. The zero-order valence-corrected chi connectivity index (χ0v) is 15.1. The molecule has 0 aromatic heterocycles. The molecule has 6 heteroatoms. The molecular formula is C18H31N3O3. The van der Waals surface area contributed by atoms with E-state index in [1.54, 1.807) is 6.92 Å². The summed E-state index contributed by atoms with van der Waals surface area (Å²) in [6.07, 6.45) is 5.14. The molecule has 0 spiro atoms. The van der Waals surface area contributed by atoms with Crippen LogP contribution < -0.4 is 11.1 Å². The number of fused-ring (bicyclic) bond motifs is 1. The number of hydrogen-bond acceptors (Lipinski definition) is 4. The second-order valence-electron chi connectivity index (χ2n) is 8.21. The molecule has 2 saturated heterocycles. The minimum atomic E-state index is -0.964. The van der Waals surface area contributed by atoms with Gasteiger partial charge in [-0.3, -0.25) is 9.59 Å². The van der Waals surface area contributed by atoms with Gasteiger partial charge in [-0.2, -0.15) is 0 Å². The lowest BCUT2D eigenvalue weighted by molar-refractivity contribution is -0.225. The number of ether oxygens (including phenoxy) is 1. The molecule has 6 nitrogen and oxygen atoms in total. The van der Waals surface area contributed by atoms with Gasteiger partial charge < -0.3 is 20.7 Å². The van der Waals surface area contributed by atoms with Crippen molar-refractivity contribution in [3.8, 4) is 0 Å². The molecular weight excluding hydrogens is 306 g/mol. The second kappa shape index (κ2) is 6.30. The van der Waals surface area contributed by atoms with E-state index < -0.39 is 17.0 Å². The summed E-state index contributed by atoms with van der Waals surface area (Å²) in [7, 11) is 0. The highest BCUT2D eigenvalue weighted by molar-refractivity contribution is 5.94. The summed E-state index contributed by atoms with van der Waals surface area (Å²) in [6, 6.07) is -0.532. The van der Waals surface area contributed by atoms with Crippen LogP contribution in [0.3, 0.4) is 0 Å². The Kier molecular flexibility index (Phi) is 4.64. The summed E-state index contributed by atoms with van der Waals surface area (Å²) in [4.78, 5) is 27.4. The van der Waals surface area contributed by atoms with Crippen LogP contribution in [0.1, 0.15) is 52.9 Å². The van der Waals surface area contributed by atoms with E-state index in [0.717, 1.165) is 45.4 Å². The molecule has 1 aliphatic carbocycles. The van der Waals surface area contributed by atoms with Gasteiger partial charge in [-0.05, 0) is 39.0 Å². The summed E-state index contributed by atoms with van der Waals surface area (Å²) in [5.74, 6) is -0.170. The number of nitrogens with two attached hydrogens (primary N) is 1. The number of nitrogens with zero attached hydrogens (tertiary/aromatic N) is 1. The van der Waals surface area contributed by atoms with Gasteiger partial charge in [-0.25, -0.2) is 0 Å². The van der Waals surface area contributed by atoms with Crippen molar-refractivity contribution in [2.75, 3.05) is 19.7 Å². The fourth-order valence-corrected chi connectivity index (χ4v) is 4.80. The minimum Gasteiger partial charge on any atom is -0.377 e. The normalized spacial score (nSPS) is 36.2. The van der Waals surface area contributed by atoms with Crippen molar-refractivity contribution >= 4 is 11.8 Å². The van der Waals surface area contributed by atoms with Crippen molar-refractivity contribution in [1.82, 2.24) is 10.2 Å². The summed E-state index contributed by atoms with van der Waals surface area (Å²) in [6.45, 7) is 8.07. The van der Waals surface area contributed by atoms with E-state index >= 15 is 0 Å². The zero-order chi connectivity index (χ0) is 17.5. The van der Waals surface area contributed by atoms with Crippen LogP contribution in [0.2, 0.25) is 0 Å². The second-order valence-corrected chi connectivity index (χ2v) is 8.21. The highest BCUT2D eigenvalue weighted by Crippen LogP contribution is 2.57. The molecule has 3 N–H and O–H groups in total. The topological polar surface area (TPSA) is 84.7 Å². The Hall–Kier alpha value is -1.14. The van der Waals surface area contributed by atoms with Crippen molar-refractivity contribution in [1.29, 1.82) is 0 Å². The largest absolute Gasteiger partial charge is 0.377 e. The lowest BCUT2D eigenvalue weighted by Gasteiger charge is -2.65. The molecule has 4 unspecified atom stereocenters. The Bertz CT molecular complexity index is 516. The number of carbonyl (C=O) groups is 2. The third kappa shape index (κ3) is 2.54. The third-order valence-corrected chi connectivity index (χ3v) is 6.45. The lowest BCUT2D eigenvalue weighted by atomic mass is 9.46. The summed E-state index contributed by atoms with van der Waals surface area (Å²) in [5, 5.41) is 2.90. The third-order valence-electron chi connectivity index (χ3n) is 6.45. The number of carbonyl (C=O) groups excluding carboxylic acids is 2. The smallest absolute Gasteiger partial charge is 0.244 e. The number of piperidine rings is 1. The molecule has 3 aliphatic rings. The first-order valence-corrected chi connectivity index (χ1v) is 9.30. The van der Waals surface area contributed by atoms with Gasteiger partial charge in [-0.1, -0.05) is 13.8 Å². The predicted octanol–water partition coefficient (Wildman–Crippen LogP) is 1.04. The Morgan fingerprint density at radius 3 is 2.54 bits per heavy atom. The summed E-state index contributed by atoms with van der Waals surface area (Å²) in [5.41, 5.74) is 5.20. The van der Waals surface area contributed by atoms with Crippen LogP contribution in [0, 0.1) is 11.3 Å². The van der Waals surface area contributed by atoms with Gasteiger partial charge in [0.05, 0.1) is 6.10 Å². The molecule has 24 heavy (non-hydrogen) atoms. The van der Waals surface area contributed by atoms with E-state index in [4.69, 9.17) is 10.5 Å². The van der Waals surface area contributed by atoms with E-state index in [-0.39, 0.29) is 23.8 Å². The zero-order valence-electron chi connectivity index (χ0n) is 15.1. The van der Waals surface area contributed by atoms with Gasteiger partial charge >= 0.3 is 0 Å². The standard InChI is InChI=1S/C18H31N3O3/c1-12(15(22)21-9-5-4-6-10-21)20-16(23)18(19)13-8-7-11-24-14(13)17(18,2)3/h12-14H,4-11,19H2,1-3H3,(H,20,23). The summed E-state index contributed by atoms with van der Waals surface area (Å²) >= 11 is 0. The van der Waals surface area contributed by atoms with E-state index in [1.807, 2.05) is 18.7 Å². The first-order valence-electron chi connectivity index (χ1n) is 9.30. The monoisotopic (exact) mass is 337 g/mol. The molecule has 0 radical (unpaired) electrons. The quantitative estimate of drug-likeness (QED) is 0.806. The molecule has 136 valence electrons. The van der Waals surface area contributed by atoms with Crippen LogP contribution in [0.25, 0.3) is 0 Å². The van der Waals surface area contributed by atoms with Gasteiger partial charge in [0.15, 0.2) is 0 Å². The molecule has 2 heterocycles. The van der Waals surface area contributed by atoms with Crippen LogP contribution in [0.5, 0.6) is 0 Å². The molecule has 0 aromatic rings. The van der Waals surface area contributed by atoms with Crippen LogP contribution in [0.4, 0.5) is 0 Å². The Labute approximate surface area is 144 Å². The minimum absolute atomic E-state index is 0.000207. The lowest BCUT2D eigenvalue weighted by Crippen LogP contribution is -2.82. The Balaban J connectivity index is 1.66. The van der Waals surface area contributed by atoms with E-state index in [0.29, 0.717) is 0 Å². The first kappa shape index (κ1) is 17.7. The van der Waals surface area contributed by atoms with Gasteiger partial charge in [0.25, 0.3) is 0 Å². The molecule has 0 bridgehead atoms. The highest BCUT2D eigenvalue weighted by Gasteiger charge is 2.70. The fourth-order valence-electron chi connectivity index (χ4n) is 4.80. The molecule has 3 fully saturated rings. The fraction of sp³-hybridized carbons (Fsp3) is 0.889. The SMILES string of the molecule is CC(NC(=O)C1(N)C2CCCOC2C1(C)C)C(=O)N1CCCCC1. The molecule has 1 saturated carbocycles. The highest BCUT2D eigenvalue weighted by atomic mass is 16.5. The molecule has 0 aromatic carbocycles. The maximum Gasteiger partial charge on any atom is 0.244 e. The van der Waals surface area contributed by atoms with Gasteiger partial charge in [0.1, 0.15) is 11.6 Å². The molecule has 2 amide bonds. The summed E-state index contributed by atoms with van der Waals surface area (Å²) < 4.78 is 5.85. The number of rotatable bonds is 3. The van der Waals surface area contributed by atoms with Gasteiger partial charge in [0.2, 0.25) is 11.8 Å².